The molecular weight excluding hydrogens is 367 g/mol. The first-order valence-electron chi connectivity index (χ1n) is 8.89. The van der Waals surface area contributed by atoms with Gasteiger partial charge >= 0.3 is 0 Å². The molecule has 1 N–H and O–H groups in total. The van der Waals surface area contributed by atoms with Gasteiger partial charge < -0.3 is 9.47 Å². The van der Waals surface area contributed by atoms with Gasteiger partial charge in [-0.15, -0.1) is 16.4 Å². The molecule has 26 heavy (non-hydrogen) atoms. The van der Waals surface area contributed by atoms with E-state index >= 15 is 0 Å². The Morgan fingerprint density at radius 1 is 1.35 bits per heavy atom. The van der Waals surface area contributed by atoms with Crippen molar-refractivity contribution in [2.45, 2.75) is 32.5 Å². The van der Waals surface area contributed by atoms with Crippen LogP contribution in [0, 0.1) is 10.6 Å². The maximum Gasteiger partial charge on any atom is 0.202 e. The molecule has 0 saturated heterocycles. The van der Waals surface area contributed by atoms with Gasteiger partial charge in [-0.3, -0.25) is 0 Å². The molecule has 1 aromatic carbocycles. The van der Waals surface area contributed by atoms with Gasteiger partial charge in [0, 0.05) is 30.3 Å². The van der Waals surface area contributed by atoms with Crippen molar-refractivity contribution in [3.63, 3.8) is 0 Å². The molecule has 1 unspecified atom stereocenters. The molecule has 0 bridgehead atoms. The van der Waals surface area contributed by atoms with Gasteiger partial charge in [0.05, 0.1) is 12.1 Å². The average molecular weight is 390 g/mol. The van der Waals surface area contributed by atoms with Crippen LogP contribution in [0.4, 0.5) is 4.39 Å². The smallest absolute Gasteiger partial charge is 0.202 e. The number of aromatic nitrogens is 3. The van der Waals surface area contributed by atoms with Crippen LogP contribution in [-0.2, 0) is 20.1 Å². The fraction of sp³-hybridized carbons (Fsp3) is 0.368. The van der Waals surface area contributed by atoms with Crippen LogP contribution in [-0.4, -0.2) is 20.9 Å². The van der Waals surface area contributed by atoms with Crippen LogP contribution in [0.5, 0.6) is 0 Å². The van der Waals surface area contributed by atoms with Crippen molar-refractivity contribution < 1.29 is 9.29 Å². The first kappa shape index (κ1) is 17.6. The molecule has 3 heterocycles. The van der Waals surface area contributed by atoms with Crippen molar-refractivity contribution in [3.8, 4) is 11.4 Å². The predicted octanol–water partition coefficient (Wildman–Crippen LogP) is 3.37. The van der Waals surface area contributed by atoms with Gasteiger partial charge in [-0.2, -0.15) is 4.68 Å². The van der Waals surface area contributed by atoms with E-state index in [1.807, 2.05) is 29.1 Å². The van der Waals surface area contributed by atoms with Crippen molar-refractivity contribution in [2.75, 3.05) is 6.54 Å². The van der Waals surface area contributed by atoms with Gasteiger partial charge in [0.25, 0.3) is 0 Å². The zero-order valence-corrected chi connectivity index (χ0v) is 16.5. The Kier molecular flexibility index (Phi) is 4.77. The van der Waals surface area contributed by atoms with E-state index in [4.69, 9.17) is 12.2 Å². The van der Waals surface area contributed by atoms with E-state index in [1.165, 1.54) is 21.4 Å². The van der Waals surface area contributed by atoms with Crippen molar-refractivity contribution in [3.05, 3.63) is 56.7 Å². The van der Waals surface area contributed by atoms with Crippen LogP contribution in [0.3, 0.4) is 0 Å². The highest BCUT2D eigenvalue weighted by atomic mass is 32.1. The van der Waals surface area contributed by atoms with Crippen molar-refractivity contribution in [1.82, 2.24) is 14.3 Å². The third kappa shape index (κ3) is 2.94. The minimum absolute atomic E-state index is 0.276. The standard InChI is InChI=1S/C19H21FN4S2/c1-3-16-14-9-11-26-17(14)8-10-23(16)12-24-19(25)22(2)18(21-24)13-6-4-5-7-15(13)20/h4-7,9,11,16H,3,8,10,12H2,1-2H3/p+1/t16-/m0/s1. The van der Waals surface area contributed by atoms with Gasteiger partial charge in [-0.05, 0) is 35.8 Å². The molecule has 0 radical (unpaired) electrons. The normalized spacial score (nSPS) is 19.5. The Labute approximate surface area is 161 Å². The zero-order chi connectivity index (χ0) is 18.3. The molecule has 4 rings (SSSR count). The summed E-state index contributed by atoms with van der Waals surface area (Å²) in [6.07, 6.45) is 2.18. The van der Waals surface area contributed by atoms with Crippen molar-refractivity contribution in [2.24, 2.45) is 7.05 Å². The van der Waals surface area contributed by atoms with E-state index in [0.717, 1.165) is 19.4 Å². The third-order valence-electron chi connectivity index (χ3n) is 5.24. The molecule has 136 valence electrons. The van der Waals surface area contributed by atoms with Gasteiger partial charge in [0.15, 0.2) is 12.5 Å². The lowest BCUT2D eigenvalue weighted by Gasteiger charge is -2.31. The summed E-state index contributed by atoms with van der Waals surface area (Å²) in [5, 5.41) is 6.86. The van der Waals surface area contributed by atoms with E-state index in [0.29, 0.717) is 28.9 Å². The van der Waals surface area contributed by atoms with Gasteiger partial charge in [-0.1, -0.05) is 19.1 Å². The molecule has 3 aromatic rings. The summed E-state index contributed by atoms with van der Waals surface area (Å²) in [6.45, 7) is 4.01. The van der Waals surface area contributed by atoms with E-state index in [1.54, 1.807) is 16.7 Å². The van der Waals surface area contributed by atoms with Crippen LogP contribution in [0.15, 0.2) is 35.7 Å². The summed E-state index contributed by atoms with van der Waals surface area (Å²) >= 11 is 7.45. The van der Waals surface area contributed by atoms with E-state index in [9.17, 15) is 4.39 Å². The highest BCUT2D eigenvalue weighted by Crippen LogP contribution is 2.27. The van der Waals surface area contributed by atoms with Crippen LogP contribution >= 0.6 is 23.6 Å². The van der Waals surface area contributed by atoms with E-state index in [2.05, 4.69) is 23.5 Å². The number of quaternary nitrogens is 1. The van der Waals surface area contributed by atoms with Crippen LogP contribution < -0.4 is 4.90 Å². The number of hydrogen-bond acceptors (Lipinski definition) is 3. The summed E-state index contributed by atoms with van der Waals surface area (Å²) < 4.78 is 18.5. The molecule has 0 fully saturated rings. The highest BCUT2D eigenvalue weighted by Gasteiger charge is 2.31. The van der Waals surface area contributed by atoms with Crippen LogP contribution in [0.2, 0.25) is 0 Å². The average Bonchev–Trinajstić information content (AvgIpc) is 3.22. The maximum atomic E-state index is 14.2. The fourth-order valence-corrected chi connectivity index (χ4v) is 5.03. The highest BCUT2D eigenvalue weighted by molar-refractivity contribution is 7.71. The lowest BCUT2D eigenvalue weighted by molar-refractivity contribution is -0.956. The number of thiophene rings is 1. The maximum absolute atomic E-state index is 14.2. The minimum Gasteiger partial charge on any atom is -0.310 e. The summed E-state index contributed by atoms with van der Waals surface area (Å²) in [4.78, 5) is 2.98. The predicted molar refractivity (Wildman–Crippen MR) is 104 cm³/mol. The Bertz CT molecular complexity index is 988. The number of halogens is 1. The molecule has 2 aromatic heterocycles. The molecule has 2 atom stereocenters. The second kappa shape index (κ2) is 7.06. The molecular formula is C19H22FN4S2+. The zero-order valence-electron chi connectivity index (χ0n) is 14.9. The molecule has 0 amide bonds. The SMILES string of the molecule is CC[C@H]1c2ccsc2CC[NH+]1Cn1nc(-c2ccccc2F)n(C)c1=S. The first-order valence-corrected chi connectivity index (χ1v) is 10.2. The Hall–Kier alpha value is -1.83. The van der Waals surface area contributed by atoms with Gasteiger partial charge in [0.1, 0.15) is 11.9 Å². The number of hydrogen-bond donors (Lipinski definition) is 1. The van der Waals surface area contributed by atoms with Crippen molar-refractivity contribution >= 4 is 23.6 Å². The number of nitrogens with one attached hydrogen (secondary N) is 1. The summed E-state index contributed by atoms with van der Waals surface area (Å²) in [6, 6.07) is 9.44. The van der Waals surface area contributed by atoms with Gasteiger partial charge in [-0.25, -0.2) is 4.39 Å². The van der Waals surface area contributed by atoms with E-state index in [-0.39, 0.29) is 5.82 Å². The summed E-state index contributed by atoms with van der Waals surface area (Å²) in [7, 11) is 1.85. The summed E-state index contributed by atoms with van der Waals surface area (Å²) in [5.41, 5.74) is 1.95. The Balaban J connectivity index is 1.67. The van der Waals surface area contributed by atoms with E-state index < -0.39 is 0 Å². The quantitative estimate of drug-likeness (QED) is 0.693. The topological polar surface area (TPSA) is 27.2 Å². The molecule has 7 heteroatoms. The van der Waals surface area contributed by atoms with Crippen molar-refractivity contribution in [1.29, 1.82) is 0 Å². The second-order valence-electron chi connectivity index (χ2n) is 6.72. The molecule has 0 aliphatic carbocycles. The number of fused-ring (bicyclic) bond motifs is 1. The number of benzene rings is 1. The minimum atomic E-state index is -0.276. The molecule has 1 aliphatic heterocycles. The largest absolute Gasteiger partial charge is 0.310 e. The fourth-order valence-electron chi connectivity index (χ4n) is 3.89. The first-order chi connectivity index (χ1) is 12.6. The molecule has 0 saturated carbocycles. The Morgan fingerprint density at radius 3 is 2.92 bits per heavy atom. The molecule has 1 aliphatic rings. The number of nitrogens with zero attached hydrogens (tertiary/aromatic N) is 3. The number of rotatable bonds is 4. The molecule has 4 nitrogen and oxygen atoms in total. The lowest BCUT2D eigenvalue weighted by atomic mass is 9.98. The third-order valence-corrected chi connectivity index (χ3v) is 6.72. The molecule has 0 spiro atoms. The lowest BCUT2D eigenvalue weighted by Crippen LogP contribution is -3.12. The second-order valence-corrected chi connectivity index (χ2v) is 8.09. The monoisotopic (exact) mass is 389 g/mol. The Morgan fingerprint density at radius 2 is 2.15 bits per heavy atom. The van der Waals surface area contributed by atoms with Crippen LogP contribution in [0.1, 0.15) is 29.8 Å². The van der Waals surface area contributed by atoms with Crippen LogP contribution in [0.25, 0.3) is 11.4 Å². The van der Waals surface area contributed by atoms with Gasteiger partial charge in [0.2, 0.25) is 4.77 Å². The summed E-state index contributed by atoms with van der Waals surface area (Å²) in [5.74, 6) is 0.302.